The normalized spacial score (nSPS) is 11.0. The van der Waals surface area contributed by atoms with Crippen LogP contribution in [0.5, 0.6) is 0 Å². The van der Waals surface area contributed by atoms with Gasteiger partial charge in [-0.3, -0.25) is 4.40 Å². The second kappa shape index (κ2) is 5.57. The van der Waals surface area contributed by atoms with Crippen LogP contribution in [0.15, 0.2) is 79.0 Å². The second-order valence-corrected chi connectivity index (χ2v) is 6.36. The van der Waals surface area contributed by atoms with Gasteiger partial charge in [0.25, 0.3) is 0 Å². The average Bonchev–Trinajstić information content (AvgIpc) is 2.96. The Morgan fingerprint density at radius 3 is 2.23 bits per heavy atom. The number of hydrogen-bond donors (Lipinski definition) is 0. The van der Waals surface area contributed by atoms with Gasteiger partial charge in [-0.1, -0.05) is 48.5 Å². The molecule has 0 radical (unpaired) electrons. The molecule has 0 amide bonds. The monoisotopic (exact) mass is 396 g/mol. The van der Waals surface area contributed by atoms with E-state index in [-0.39, 0.29) is 0 Å². The minimum atomic E-state index is 0.968. The summed E-state index contributed by atoms with van der Waals surface area (Å²) in [6, 6.07) is 25.0. The topological polar surface area (TPSA) is 17.3 Å². The van der Waals surface area contributed by atoms with Crippen molar-refractivity contribution in [2.24, 2.45) is 0 Å². The predicted molar refractivity (Wildman–Crippen MR) is 98.8 cm³/mol. The molecule has 22 heavy (non-hydrogen) atoms. The summed E-state index contributed by atoms with van der Waals surface area (Å²) in [7, 11) is 0. The van der Waals surface area contributed by atoms with Crippen LogP contribution in [0, 0.1) is 3.57 Å². The number of nitrogens with zero attached hydrogens (tertiary/aromatic N) is 2. The third-order valence-electron chi connectivity index (χ3n) is 3.69. The van der Waals surface area contributed by atoms with Crippen molar-refractivity contribution in [3.8, 4) is 22.5 Å². The molecule has 2 nitrogen and oxygen atoms in total. The minimum Gasteiger partial charge on any atom is -0.299 e. The van der Waals surface area contributed by atoms with Crippen molar-refractivity contribution in [3.63, 3.8) is 0 Å². The van der Waals surface area contributed by atoms with Crippen LogP contribution >= 0.6 is 22.6 Å². The van der Waals surface area contributed by atoms with Gasteiger partial charge in [0.1, 0.15) is 5.65 Å². The van der Waals surface area contributed by atoms with E-state index in [9.17, 15) is 0 Å². The highest BCUT2D eigenvalue weighted by molar-refractivity contribution is 14.1. The van der Waals surface area contributed by atoms with Gasteiger partial charge < -0.3 is 0 Å². The van der Waals surface area contributed by atoms with E-state index in [1.807, 2.05) is 24.3 Å². The van der Waals surface area contributed by atoms with Crippen molar-refractivity contribution >= 4 is 28.2 Å². The van der Waals surface area contributed by atoms with Crippen LogP contribution in [0.1, 0.15) is 0 Å². The molecule has 0 saturated heterocycles. The van der Waals surface area contributed by atoms with Gasteiger partial charge in [0.2, 0.25) is 0 Å². The zero-order valence-electron chi connectivity index (χ0n) is 11.8. The molecule has 3 heteroatoms. The third-order valence-corrected chi connectivity index (χ3v) is 4.41. The first-order chi connectivity index (χ1) is 10.8. The van der Waals surface area contributed by atoms with E-state index in [4.69, 9.17) is 4.98 Å². The quantitative estimate of drug-likeness (QED) is 0.422. The predicted octanol–water partition coefficient (Wildman–Crippen LogP) is 5.27. The zero-order valence-corrected chi connectivity index (χ0v) is 13.9. The van der Waals surface area contributed by atoms with Crippen molar-refractivity contribution in [1.82, 2.24) is 9.38 Å². The summed E-state index contributed by atoms with van der Waals surface area (Å²) >= 11 is 2.32. The number of rotatable bonds is 2. The molecule has 0 atom stereocenters. The van der Waals surface area contributed by atoms with E-state index in [1.54, 1.807) is 0 Å². The third kappa shape index (κ3) is 2.31. The van der Waals surface area contributed by atoms with E-state index in [2.05, 4.69) is 81.7 Å². The Balaban J connectivity index is 2.04. The largest absolute Gasteiger partial charge is 0.299 e. The number of fused-ring (bicyclic) bond motifs is 1. The number of pyridine rings is 1. The van der Waals surface area contributed by atoms with Crippen LogP contribution in [0.3, 0.4) is 0 Å². The zero-order chi connectivity index (χ0) is 14.9. The maximum absolute atomic E-state index is 4.85. The number of hydrogen-bond acceptors (Lipinski definition) is 1. The molecule has 0 N–H and O–H groups in total. The van der Waals surface area contributed by atoms with Gasteiger partial charge in [-0.2, -0.15) is 0 Å². The molecule has 2 aromatic carbocycles. The van der Waals surface area contributed by atoms with E-state index in [0.717, 1.165) is 22.6 Å². The first-order valence-corrected chi connectivity index (χ1v) is 8.19. The SMILES string of the molecule is Ic1ccc(-c2nc3ccccn3c2-c2ccccc2)cc1. The molecule has 0 saturated carbocycles. The van der Waals surface area contributed by atoms with Crippen molar-refractivity contribution in [2.75, 3.05) is 0 Å². The van der Waals surface area contributed by atoms with Crippen LogP contribution in [-0.2, 0) is 0 Å². The maximum atomic E-state index is 4.85. The molecule has 4 aromatic rings. The molecular formula is C19H13IN2. The highest BCUT2D eigenvalue weighted by atomic mass is 127. The van der Waals surface area contributed by atoms with E-state index in [1.165, 1.54) is 9.13 Å². The van der Waals surface area contributed by atoms with Crippen LogP contribution in [0.25, 0.3) is 28.2 Å². The fourth-order valence-corrected chi connectivity index (χ4v) is 3.04. The summed E-state index contributed by atoms with van der Waals surface area (Å²) < 4.78 is 3.38. The fourth-order valence-electron chi connectivity index (χ4n) is 2.68. The van der Waals surface area contributed by atoms with Crippen LogP contribution in [0.2, 0.25) is 0 Å². The Morgan fingerprint density at radius 2 is 1.45 bits per heavy atom. The fraction of sp³-hybridized carbons (Fsp3) is 0. The van der Waals surface area contributed by atoms with Gasteiger partial charge in [0.05, 0.1) is 11.4 Å². The lowest BCUT2D eigenvalue weighted by Crippen LogP contribution is -1.89. The number of aromatic nitrogens is 2. The van der Waals surface area contributed by atoms with Crippen LogP contribution < -0.4 is 0 Å². The summed E-state index contributed by atoms with van der Waals surface area (Å²) in [6.45, 7) is 0. The molecule has 106 valence electrons. The summed E-state index contributed by atoms with van der Waals surface area (Å²) in [5, 5.41) is 0. The van der Waals surface area contributed by atoms with Crippen molar-refractivity contribution in [2.45, 2.75) is 0 Å². The Hall–Kier alpha value is -2.14. The van der Waals surface area contributed by atoms with Crippen LogP contribution in [0.4, 0.5) is 0 Å². The summed E-state index contributed by atoms with van der Waals surface area (Å²) in [4.78, 5) is 4.85. The smallest absolute Gasteiger partial charge is 0.137 e. The lowest BCUT2D eigenvalue weighted by Gasteiger charge is -2.05. The van der Waals surface area contributed by atoms with Gasteiger partial charge in [-0.25, -0.2) is 4.98 Å². The number of halogens is 1. The Labute approximate surface area is 142 Å². The molecule has 2 heterocycles. The molecule has 0 aliphatic rings. The lowest BCUT2D eigenvalue weighted by molar-refractivity contribution is 1.19. The average molecular weight is 396 g/mol. The standard InChI is InChI=1S/C19H13IN2/c20-16-11-9-14(10-12-16)18-19(15-6-2-1-3-7-15)22-13-5-4-8-17(22)21-18/h1-13H. The molecule has 0 aliphatic carbocycles. The van der Waals surface area contributed by atoms with E-state index < -0.39 is 0 Å². The second-order valence-electron chi connectivity index (χ2n) is 5.11. The molecule has 0 fully saturated rings. The highest BCUT2D eigenvalue weighted by Crippen LogP contribution is 2.32. The van der Waals surface area contributed by atoms with Gasteiger partial charge in [-0.05, 0) is 46.9 Å². The molecule has 0 aliphatic heterocycles. The molecule has 4 rings (SSSR count). The number of benzene rings is 2. The minimum absolute atomic E-state index is 0.968. The summed E-state index contributed by atoms with van der Waals surface area (Å²) in [5.74, 6) is 0. The molecular weight excluding hydrogens is 383 g/mol. The maximum Gasteiger partial charge on any atom is 0.137 e. The Bertz CT molecular complexity index is 925. The lowest BCUT2D eigenvalue weighted by atomic mass is 10.1. The Morgan fingerprint density at radius 1 is 0.727 bits per heavy atom. The molecule has 0 bridgehead atoms. The molecule has 0 spiro atoms. The van der Waals surface area contributed by atoms with Gasteiger partial charge in [-0.15, -0.1) is 0 Å². The first-order valence-electron chi connectivity index (χ1n) is 7.11. The summed E-state index contributed by atoms with van der Waals surface area (Å²) in [5.41, 5.74) is 5.44. The van der Waals surface area contributed by atoms with Crippen molar-refractivity contribution in [1.29, 1.82) is 0 Å². The number of imidazole rings is 1. The first kappa shape index (κ1) is 13.5. The van der Waals surface area contributed by atoms with Gasteiger partial charge >= 0.3 is 0 Å². The molecule has 2 aromatic heterocycles. The van der Waals surface area contributed by atoms with Crippen LogP contribution in [-0.4, -0.2) is 9.38 Å². The van der Waals surface area contributed by atoms with E-state index >= 15 is 0 Å². The molecule has 0 unspecified atom stereocenters. The summed E-state index contributed by atoms with van der Waals surface area (Å²) in [6.07, 6.45) is 2.07. The van der Waals surface area contributed by atoms with Gasteiger partial charge in [0, 0.05) is 20.9 Å². The van der Waals surface area contributed by atoms with Crippen molar-refractivity contribution in [3.05, 3.63) is 82.6 Å². The van der Waals surface area contributed by atoms with Gasteiger partial charge in [0.15, 0.2) is 0 Å². The van der Waals surface area contributed by atoms with Crippen molar-refractivity contribution < 1.29 is 0 Å². The van der Waals surface area contributed by atoms with E-state index in [0.29, 0.717) is 0 Å². The Kier molecular flexibility index (Phi) is 3.42. The highest BCUT2D eigenvalue weighted by Gasteiger charge is 2.15.